The van der Waals surface area contributed by atoms with Crippen molar-refractivity contribution in [2.45, 2.75) is 11.7 Å². The minimum Gasteiger partial charge on any atom is -0.481 e. The van der Waals surface area contributed by atoms with Crippen LogP contribution in [0.2, 0.25) is 0 Å². The van der Waals surface area contributed by atoms with Crippen molar-refractivity contribution in [3.8, 4) is 0 Å². The second kappa shape index (κ2) is 6.38. The van der Waals surface area contributed by atoms with Gasteiger partial charge in [-0.1, -0.05) is 11.8 Å². The third kappa shape index (κ3) is 3.70. The summed E-state index contributed by atoms with van der Waals surface area (Å²) in [4.78, 5) is 10.5. The average molecular weight is 296 g/mol. The maximum Gasteiger partial charge on any atom is 0.313 e. The van der Waals surface area contributed by atoms with E-state index < -0.39 is 5.97 Å². The van der Waals surface area contributed by atoms with Crippen molar-refractivity contribution in [1.29, 1.82) is 0 Å². The number of benzene rings is 1. The Morgan fingerprint density at radius 2 is 2.10 bits per heavy atom. The van der Waals surface area contributed by atoms with E-state index in [-0.39, 0.29) is 11.6 Å². The second-order valence-electron chi connectivity index (χ2n) is 4.00. The minimum absolute atomic E-state index is 0.0582. The van der Waals surface area contributed by atoms with Crippen LogP contribution in [-0.2, 0) is 18.4 Å². The fourth-order valence-corrected chi connectivity index (χ4v) is 2.15. The van der Waals surface area contributed by atoms with Gasteiger partial charge in [-0.3, -0.25) is 4.79 Å². The van der Waals surface area contributed by atoms with Crippen molar-refractivity contribution < 1.29 is 14.3 Å². The van der Waals surface area contributed by atoms with Gasteiger partial charge in [0, 0.05) is 12.7 Å². The molecule has 20 heavy (non-hydrogen) atoms. The second-order valence-corrected chi connectivity index (χ2v) is 4.94. The molecule has 2 N–H and O–H groups in total. The van der Waals surface area contributed by atoms with Crippen LogP contribution in [-0.4, -0.2) is 31.6 Å². The number of rotatable bonds is 6. The first-order chi connectivity index (χ1) is 9.56. The Labute approximate surface area is 119 Å². The van der Waals surface area contributed by atoms with E-state index in [9.17, 15) is 9.18 Å². The number of anilines is 1. The molecule has 2 aromatic rings. The Kier molecular flexibility index (Phi) is 4.57. The van der Waals surface area contributed by atoms with Crippen molar-refractivity contribution in [3.63, 3.8) is 0 Å². The molecule has 2 rings (SSSR count). The number of carbonyl (C=O) groups is 1. The number of aromatic nitrogens is 3. The smallest absolute Gasteiger partial charge is 0.313 e. The normalized spacial score (nSPS) is 10.5. The highest BCUT2D eigenvalue weighted by molar-refractivity contribution is 7.99. The van der Waals surface area contributed by atoms with Gasteiger partial charge in [-0.2, -0.15) is 0 Å². The molecule has 0 radical (unpaired) electrons. The van der Waals surface area contributed by atoms with Crippen LogP contribution in [0.15, 0.2) is 29.4 Å². The fraction of sp³-hybridized carbons (Fsp3) is 0.250. The molecule has 1 aromatic heterocycles. The van der Waals surface area contributed by atoms with Crippen LogP contribution in [0.1, 0.15) is 5.82 Å². The first-order valence-corrected chi connectivity index (χ1v) is 6.77. The van der Waals surface area contributed by atoms with Gasteiger partial charge in [0.2, 0.25) is 0 Å². The SMILES string of the molecule is Cn1c(CNc2ccc(F)cc2)nnc1SCC(=O)O. The highest BCUT2D eigenvalue weighted by Gasteiger charge is 2.10. The van der Waals surface area contributed by atoms with E-state index >= 15 is 0 Å². The van der Waals surface area contributed by atoms with E-state index in [1.807, 2.05) is 0 Å². The number of halogens is 1. The van der Waals surface area contributed by atoms with E-state index in [1.54, 1.807) is 23.7 Å². The molecule has 1 aromatic carbocycles. The van der Waals surface area contributed by atoms with Gasteiger partial charge in [0.05, 0.1) is 12.3 Å². The highest BCUT2D eigenvalue weighted by Crippen LogP contribution is 2.16. The number of nitrogens with one attached hydrogen (secondary N) is 1. The van der Waals surface area contributed by atoms with Gasteiger partial charge in [-0.05, 0) is 24.3 Å². The molecule has 0 atom stereocenters. The molecule has 0 amide bonds. The Morgan fingerprint density at radius 1 is 1.40 bits per heavy atom. The lowest BCUT2D eigenvalue weighted by atomic mass is 10.3. The molecule has 1 heterocycles. The van der Waals surface area contributed by atoms with Gasteiger partial charge >= 0.3 is 5.97 Å². The molecule has 6 nitrogen and oxygen atoms in total. The van der Waals surface area contributed by atoms with Gasteiger partial charge in [0.25, 0.3) is 0 Å². The van der Waals surface area contributed by atoms with Crippen LogP contribution in [0, 0.1) is 5.82 Å². The molecule has 106 valence electrons. The van der Waals surface area contributed by atoms with E-state index in [0.717, 1.165) is 17.4 Å². The lowest BCUT2D eigenvalue weighted by Crippen LogP contribution is -2.07. The highest BCUT2D eigenvalue weighted by atomic mass is 32.2. The van der Waals surface area contributed by atoms with Crippen LogP contribution >= 0.6 is 11.8 Å². The Bertz CT molecular complexity index is 600. The largest absolute Gasteiger partial charge is 0.481 e. The van der Waals surface area contributed by atoms with Crippen molar-refractivity contribution in [2.75, 3.05) is 11.1 Å². The molecule has 0 aliphatic rings. The number of nitrogens with zero attached hydrogens (tertiary/aromatic N) is 3. The number of hydrogen-bond acceptors (Lipinski definition) is 5. The Morgan fingerprint density at radius 3 is 2.75 bits per heavy atom. The van der Waals surface area contributed by atoms with Gasteiger partial charge in [-0.15, -0.1) is 10.2 Å². The van der Waals surface area contributed by atoms with E-state index in [4.69, 9.17) is 5.11 Å². The summed E-state index contributed by atoms with van der Waals surface area (Å²) in [6.07, 6.45) is 0. The van der Waals surface area contributed by atoms with Gasteiger partial charge in [0.1, 0.15) is 5.82 Å². The molecule has 0 aliphatic carbocycles. The van der Waals surface area contributed by atoms with Gasteiger partial charge in [-0.25, -0.2) is 4.39 Å². The van der Waals surface area contributed by atoms with Gasteiger partial charge < -0.3 is 15.0 Å². The molecule has 0 saturated heterocycles. The summed E-state index contributed by atoms with van der Waals surface area (Å²) >= 11 is 1.11. The molecule has 0 bridgehead atoms. The zero-order valence-corrected chi connectivity index (χ0v) is 11.5. The maximum absolute atomic E-state index is 12.8. The fourth-order valence-electron chi connectivity index (χ4n) is 1.50. The summed E-state index contributed by atoms with van der Waals surface area (Å²) in [6.45, 7) is 0.419. The molecular weight excluding hydrogens is 283 g/mol. The molecule has 0 aliphatic heterocycles. The zero-order chi connectivity index (χ0) is 14.5. The lowest BCUT2D eigenvalue weighted by molar-refractivity contribution is -0.133. The first kappa shape index (κ1) is 14.3. The van der Waals surface area contributed by atoms with E-state index in [1.165, 1.54) is 12.1 Å². The monoisotopic (exact) mass is 296 g/mol. The molecule has 0 spiro atoms. The van der Waals surface area contributed by atoms with Crippen LogP contribution < -0.4 is 5.32 Å². The lowest BCUT2D eigenvalue weighted by Gasteiger charge is -2.06. The number of thioether (sulfide) groups is 1. The minimum atomic E-state index is -0.899. The van der Waals surface area contributed by atoms with Crippen molar-refractivity contribution in [2.24, 2.45) is 7.05 Å². The standard InChI is InChI=1S/C12H13FN4O2S/c1-17-10(15-16-12(17)20-7-11(18)19)6-14-9-4-2-8(13)3-5-9/h2-5,14H,6-7H2,1H3,(H,18,19). The first-order valence-electron chi connectivity index (χ1n) is 5.78. The predicted octanol–water partition coefficient (Wildman–Crippen LogP) is 1.74. The Hall–Kier alpha value is -2.09. The summed E-state index contributed by atoms with van der Waals surface area (Å²) in [6, 6.07) is 6.00. The van der Waals surface area contributed by atoms with Crippen molar-refractivity contribution in [3.05, 3.63) is 35.9 Å². The van der Waals surface area contributed by atoms with Crippen molar-refractivity contribution in [1.82, 2.24) is 14.8 Å². The van der Waals surface area contributed by atoms with Gasteiger partial charge in [0.15, 0.2) is 11.0 Å². The topological polar surface area (TPSA) is 80.0 Å². The number of carboxylic acid groups (broad SMARTS) is 1. The summed E-state index contributed by atoms with van der Waals surface area (Å²) in [5.41, 5.74) is 0.772. The zero-order valence-electron chi connectivity index (χ0n) is 10.7. The average Bonchev–Trinajstić information content (AvgIpc) is 2.77. The third-order valence-electron chi connectivity index (χ3n) is 2.54. The van der Waals surface area contributed by atoms with Crippen LogP contribution in [0.3, 0.4) is 0 Å². The van der Waals surface area contributed by atoms with E-state index in [2.05, 4.69) is 15.5 Å². The molecule has 0 saturated carbocycles. The van der Waals surface area contributed by atoms with Crippen LogP contribution in [0.4, 0.5) is 10.1 Å². The van der Waals surface area contributed by atoms with E-state index in [0.29, 0.717) is 17.5 Å². The Balaban J connectivity index is 1.96. The quantitative estimate of drug-likeness (QED) is 0.790. The number of aliphatic carboxylic acids is 1. The number of carboxylic acids is 1. The molecular formula is C12H13FN4O2S. The maximum atomic E-state index is 12.8. The predicted molar refractivity (Wildman–Crippen MR) is 73.1 cm³/mol. The third-order valence-corrected chi connectivity index (χ3v) is 3.55. The van der Waals surface area contributed by atoms with Crippen LogP contribution in [0.25, 0.3) is 0 Å². The summed E-state index contributed by atoms with van der Waals surface area (Å²) in [5.74, 6) is -0.579. The summed E-state index contributed by atoms with van der Waals surface area (Å²) in [5, 5.41) is 20.2. The summed E-state index contributed by atoms with van der Waals surface area (Å²) < 4.78 is 14.5. The molecule has 0 fully saturated rings. The summed E-state index contributed by atoms with van der Waals surface area (Å²) in [7, 11) is 1.77. The van der Waals surface area contributed by atoms with Crippen LogP contribution in [0.5, 0.6) is 0 Å². The van der Waals surface area contributed by atoms with Crippen molar-refractivity contribution >= 4 is 23.4 Å². The molecule has 8 heteroatoms. The molecule has 0 unspecified atom stereocenters. The number of hydrogen-bond donors (Lipinski definition) is 2.